The molecular weight excluding hydrogens is 162 g/mol. The van der Waals surface area contributed by atoms with Crippen LogP contribution in [0.25, 0.3) is 0 Å². The fraction of sp³-hybridized carbons (Fsp3) is 0.727. The molecule has 1 fully saturated rings. The summed E-state index contributed by atoms with van der Waals surface area (Å²) in [6.07, 6.45) is 5.72. The summed E-state index contributed by atoms with van der Waals surface area (Å²) in [6, 6.07) is 2.15. The lowest BCUT2D eigenvalue weighted by molar-refractivity contribution is -0.00928. The standard InChI is InChI=1S/C11H17NO/c1-11(2)9-10(5-3-7-12)6-4-8-13-11/h5H,3-4,6,8-9H2,1-2H3/b10-5+. The van der Waals surface area contributed by atoms with Gasteiger partial charge in [0.15, 0.2) is 0 Å². The third-order valence-electron chi connectivity index (χ3n) is 2.27. The van der Waals surface area contributed by atoms with Gasteiger partial charge in [0, 0.05) is 6.61 Å². The zero-order chi connectivity index (χ0) is 9.73. The highest BCUT2D eigenvalue weighted by molar-refractivity contribution is 5.09. The van der Waals surface area contributed by atoms with Crippen LogP contribution in [0.4, 0.5) is 0 Å². The summed E-state index contributed by atoms with van der Waals surface area (Å²) >= 11 is 0. The summed E-state index contributed by atoms with van der Waals surface area (Å²) < 4.78 is 5.68. The molecule has 0 unspecified atom stereocenters. The molecule has 0 radical (unpaired) electrons. The average Bonchev–Trinajstić information content (AvgIpc) is 2.22. The molecular formula is C11H17NO. The van der Waals surface area contributed by atoms with Gasteiger partial charge < -0.3 is 4.74 Å². The number of hydrogen-bond acceptors (Lipinski definition) is 2. The van der Waals surface area contributed by atoms with E-state index in [-0.39, 0.29) is 5.60 Å². The molecule has 0 aromatic heterocycles. The van der Waals surface area contributed by atoms with Crippen LogP contribution in [0.2, 0.25) is 0 Å². The predicted molar refractivity (Wildman–Crippen MR) is 52.2 cm³/mol. The van der Waals surface area contributed by atoms with Crippen molar-refractivity contribution < 1.29 is 4.74 Å². The molecule has 0 amide bonds. The van der Waals surface area contributed by atoms with Crippen molar-refractivity contribution in [3.05, 3.63) is 11.6 Å². The first-order valence-electron chi connectivity index (χ1n) is 4.83. The first-order valence-corrected chi connectivity index (χ1v) is 4.83. The highest BCUT2D eigenvalue weighted by atomic mass is 16.5. The lowest BCUT2D eigenvalue weighted by atomic mass is 9.96. The van der Waals surface area contributed by atoms with Gasteiger partial charge in [0.05, 0.1) is 18.1 Å². The second-order valence-corrected chi connectivity index (χ2v) is 4.11. The third-order valence-corrected chi connectivity index (χ3v) is 2.27. The number of nitriles is 1. The van der Waals surface area contributed by atoms with E-state index in [1.807, 2.05) is 0 Å². The van der Waals surface area contributed by atoms with Gasteiger partial charge in [-0.2, -0.15) is 5.26 Å². The Morgan fingerprint density at radius 3 is 3.08 bits per heavy atom. The van der Waals surface area contributed by atoms with E-state index in [1.54, 1.807) is 0 Å². The molecule has 0 atom stereocenters. The zero-order valence-corrected chi connectivity index (χ0v) is 8.47. The summed E-state index contributed by atoms with van der Waals surface area (Å²) in [7, 11) is 0. The van der Waals surface area contributed by atoms with E-state index in [0.717, 1.165) is 25.9 Å². The van der Waals surface area contributed by atoms with Crippen molar-refractivity contribution in [1.82, 2.24) is 0 Å². The summed E-state index contributed by atoms with van der Waals surface area (Å²) in [6.45, 7) is 5.06. The topological polar surface area (TPSA) is 33.0 Å². The van der Waals surface area contributed by atoms with Gasteiger partial charge in [-0.05, 0) is 33.1 Å². The maximum absolute atomic E-state index is 8.47. The van der Waals surface area contributed by atoms with Crippen molar-refractivity contribution >= 4 is 0 Å². The third kappa shape index (κ3) is 3.61. The first-order chi connectivity index (χ1) is 6.14. The molecule has 0 aromatic carbocycles. The summed E-state index contributed by atoms with van der Waals surface area (Å²) in [5, 5.41) is 8.47. The highest BCUT2D eigenvalue weighted by Crippen LogP contribution is 2.27. The van der Waals surface area contributed by atoms with E-state index in [1.165, 1.54) is 5.57 Å². The number of allylic oxidation sites excluding steroid dienone is 1. The van der Waals surface area contributed by atoms with Gasteiger partial charge in [0.2, 0.25) is 0 Å². The minimum Gasteiger partial charge on any atom is -0.375 e. The number of hydrogen-bond donors (Lipinski definition) is 0. The Bertz CT molecular complexity index is 235. The second kappa shape index (κ2) is 4.43. The Kier molecular flexibility index (Phi) is 3.50. The average molecular weight is 179 g/mol. The molecule has 0 bridgehead atoms. The van der Waals surface area contributed by atoms with Gasteiger partial charge in [-0.15, -0.1) is 0 Å². The van der Waals surface area contributed by atoms with Gasteiger partial charge in [-0.1, -0.05) is 11.6 Å². The Balaban J connectivity index is 2.60. The SMILES string of the molecule is CC1(C)C/C(=C/CC#N)CCCO1. The second-order valence-electron chi connectivity index (χ2n) is 4.11. The van der Waals surface area contributed by atoms with Gasteiger partial charge >= 0.3 is 0 Å². The zero-order valence-electron chi connectivity index (χ0n) is 8.47. The molecule has 0 aliphatic carbocycles. The molecule has 0 N–H and O–H groups in total. The summed E-state index contributed by atoms with van der Waals surface area (Å²) in [5.41, 5.74) is 1.33. The van der Waals surface area contributed by atoms with Crippen LogP contribution < -0.4 is 0 Å². The minimum atomic E-state index is -0.0439. The van der Waals surface area contributed by atoms with Crippen LogP contribution in [-0.2, 0) is 4.74 Å². The van der Waals surface area contributed by atoms with Crippen molar-refractivity contribution in [2.45, 2.75) is 45.1 Å². The molecule has 2 heteroatoms. The molecule has 1 rings (SSSR count). The van der Waals surface area contributed by atoms with E-state index in [2.05, 4.69) is 26.0 Å². The fourth-order valence-corrected chi connectivity index (χ4v) is 1.70. The maximum atomic E-state index is 8.47. The van der Waals surface area contributed by atoms with Crippen molar-refractivity contribution in [2.75, 3.05) is 6.61 Å². The lowest BCUT2D eigenvalue weighted by Crippen LogP contribution is -2.23. The molecule has 0 spiro atoms. The number of rotatable bonds is 1. The fourth-order valence-electron chi connectivity index (χ4n) is 1.70. The van der Waals surface area contributed by atoms with Gasteiger partial charge in [-0.25, -0.2) is 0 Å². The highest BCUT2D eigenvalue weighted by Gasteiger charge is 2.22. The molecule has 1 aliphatic heterocycles. The van der Waals surface area contributed by atoms with E-state index >= 15 is 0 Å². The van der Waals surface area contributed by atoms with Crippen LogP contribution in [0.5, 0.6) is 0 Å². The largest absolute Gasteiger partial charge is 0.375 e. The normalized spacial score (nSPS) is 25.2. The molecule has 0 aromatic rings. The smallest absolute Gasteiger partial charge is 0.0663 e. The Morgan fingerprint density at radius 2 is 2.38 bits per heavy atom. The monoisotopic (exact) mass is 179 g/mol. The molecule has 72 valence electrons. The van der Waals surface area contributed by atoms with Crippen LogP contribution in [-0.4, -0.2) is 12.2 Å². The number of ether oxygens (including phenoxy) is 1. The summed E-state index contributed by atoms with van der Waals surface area (Å²) in [5.74, 6) is 0. The van der Waals surface area contributed by atoms with Crippen LogP contribution in [0.3, 0.4) is 0 Å². The van der Waals surface area contributed by atoms with Gasteiger partial charge in [-0.3, -0.25) is 0 Å². The Labute approximate surface area is 80.2 Å². The lowest BCUT2D eigenvalue weighted by Gasteiger charge is -2.23. The van der Waals surface area contributed by atoms with Crippen molar-refractivity contribution in [1.29, 1.82) is 5.26 Å². The van der Waals surface area contributed by atoms with E-state index in [9.17, 15) is 0 Å². The Hall–Kier alpha value is -0.810. The number of nitrogens with zero attached hydrogens (tertiary/aromatic N) is 1. The predicted octanol–water partition coefficient (Wildman–Crippen LogP) is 2.81. The van der Waals surface area contributed by atoms with E-state index in [0.29, 0.717) is 6.42 Å². The van der Waals surface area contributed by atoms with E-state index < -0.39 is 0 Å². The maximum Gasteiger partial charge on any atom is 0.0663 e. The molecule has 2 nitrogen and oxygen atoms in total. The van der Waals surface area contributed by atoms with Gasteiger partial charge in [0.25, 0.3) is 0 Å². The minimum absolute atomic E-state index is 0.0439. The van der Waals surface area contributed by atoms with Crippen molar-refractivity contribution in [2.24, 2.45) is 0 Å². The van der Waals surface area contributed by atoms with Gasteiger partial charge in [0.1, 0.15) is 0 Å². The van der Waals surface area contributed by atoms with Crippen molar-refractivity contribution in [3.8, 4) is 6.07 Å². The van der Waals surface area contributed by atoms with Crippen LogP contribution >= 0.6 is 0 Å². The first kappa shape index (κ1) is 10.3. The molecule has 0 saturated carbocycles. The molecule has 1 heterocycles. The molecule has 13 heavy (non-hydrogen) atoms. The Morgan fingerprint density at radius 1 is 1.62 bits per heavy atom. The van der Waals surface area contributed by atoms with E-state index in [4.69, 9.17) is 10.00 Å². The molecule has 1 saturated heterocycles. The summed E-state index contributed by atoms with van der Waals surface area (Å²) in [4.78, 5) is 0. The van der Waals surface area contributed by atoms with Crippen molar-refractivity contribution in [3.63, 3.8) is 0 Å². The molecule has 1 aliphatic rings. The van der Waals surface area contributed by atoms with Crippen LogP contribution in [0.15, 0.2) is 11.6 Å². The van der Waals surface area contributed by atoms with Crippen LogP contribution in [0, 0.1) is 11.3 Å². The quantitative estimate of drug-likeness (QED) is 0.580. The van der Waals surface area contributed by atoms with Crippen LogP contribution in [0.1, 0.15) is 39.5 Å².